The van der Waals surface area contributed by atoms with Crippen LogP contribution in [0, 0.1) is 11.3 Å². The smallest absolute Gasteiger partial charge is 0.336 e. The molecule has 2 aliphatic rings. The number of nitrogens with one attached hydrogen (secondary N) is 1. The first-order chi connectivity index (χ1) is 12.6. The molecule has 0 amide bonds. The summed E-state index contributed by atoms with van der Waals surface area (Å²) in [5.74, 6) is 0.0910. The predicted octanol–water partition coefficient (Wildman–Crippen LogP) is 3.00. The lowest BCUT2D eigenvalue weighted by Gasteiger charge is -2.31. The summed E-state index contributed by atoms with van der Waals surface area (Å²) in [5.41, 5.74) is 2.61. The molecule has 1 atom stereocenters. The van der Waals surface area contributed by atoms with Gasteiger partial charge in [0.2, 0.25) is 0 Å². The zero-order chi connectivity index (χ0) is 18.7. The zero-order valence-corrected chi connectivity index (χ0v) is 15.4. The van der Waals surface area contributed by atoms with Gasteiger partial charge in [0, 0.05) is 17.0 Å². The van der Waals surface area contributed by atoms with Gasteiger partial charge < -0.3 is 19.5 Å². The summed E-state index contributed by atoms with van der Waals surface area (Å²) in [6, 6.07) is 7.67. The van der Waals surface area contributed by atoms with E-state index in [1.165, 1.54) is 0 Å². The van der Waals surface area contributed by atoms with Crippen molar-refractivity contribution in [1.82, 2.24) is 5.32 Å². The third-order valence-corrected chi connectivity index (χ3v) is 4.57. The summed E-state index contributed by atoms with van der Waals surface area (Å²) in [5, 5.41) is 12.8. The van der Waals surface area contributed by atoms with E-state index in [0.717, 1.165) is 0 Å². The highest BCUT2D eigenvalue weighted by Crippen LogP contribution is 2.46. The van der Waals surface area contributed by atoms with Gasteiger partial charge in [-0.3, -0.25) is 0 Å². The minimum atomic E-state index is -0.634. The molecule has 0 saturated carbocycles. The number of esters is 1. The SMILES string of the molecule is CCOC(=O)C1=C(CCl)NC(C)=C(C#N)C1c1cccc2c1OCCO2. The van der Waals surface area contributed by atoms with Gasteiger partial charge >= 0.3 is 5.97 Å². The Bertz CT molecular complexity index is 838. The summed E-state index contributed by atoms with van der Waals surface area (Å²) in [6.45, 7) is 4.60. The highest BCUT2D eigenvalue weighted by Gasteiger charge is 2.37. The Labute approximate surface area is 157 Å². The monoisotopic (exact) mass is 374 g/mol. The Balaban J connectivity index is 2.22. The van der Waals surface area contributed by atoms with E-state index in [0.29, 0.717) is 52.8 Å². The van der Waals surface area contributed by atoms with Crippen molar-refractivity contribution in [3.05, 3.63) is 46.3 Å². The van der Waals surface area contributed by atoms with E-state index in [-0.39, 0.29) is 12.5 Å². The molecule has 26 heavy (non-hydrogen) atoms. The number of ether oxygens (including phenoxy) is 3. The van der Waals surface area contributed by atoms with Crippen molar-refractivity contribution in [3.63, 3.8) is 0 Å². The van der Waals surface area contributed by atoms with Crippen LogP contribution in [0.4, 0.5) is 0 Å². The van der Waals surface area contributed by atoms with Crippen molar-refractivity contribution in [2.24, 2.45) is 0 Å². The van der Waals surface area contributed by atoms with E-state index >= 15 is 0 Å². The Kier molecular flexibility index (Phi) is 5.38. The fraction of sp³-hybridized carbons (Fsp3) is 0.368. The molecule has 0 saturated heterocycles. The van der Waals surface area contributed by atoms with Crippen LogP contribution >= 0.6 is 11.6 Å². The predicted molar refractivity (Wildman–Crippen MR) is 96.0 cm³/mol. The van der Waals surface area contributed by atoms with Gasteiger partial charge in [-0.1, -0.05) is 12.1 Å². The van der Waals surface area contributed by atoms with E-state index in [2.05, 4.69) is 11.4 Å². The van der Waals surface area contributed by atoms with E-state index in [1.54, 1.807) is 19.9 Å². The summed E-state index contributed by atoms with van der Waals surface area (Å²) in [6.07, 6.45) is 0. The van der Waals surface area contributed by atoms with Gasteiger partial charge in [0.25, 0.3) is 0 Å². The van der Waals surface area contributed by atoms with Crippen molar-refractivity contribution in [2.45, 2.75) is 19.8 Å². The van der Waals surface area contributed by atoms with Crippen LogP contribution < -0.4 is 14.8 Å². The molecule has 2 heterocycles. The third kappa shape index (κ3) is 3.11. The number of alkyl halides is 1. The number of rotatable bonds is 4. The van der Waals surface area contributed by atoms with Crippen LogP contribution in [0.2, 0.25) is 0 Å². The minimum Gasteiger partial charge on any atom is -0.486 e. The maximum atomic E-state index is 12.7. The maximum absolute atomic E-state index is 12.7. The molecule has 1 unspecified atom stereocenters. The number of para-hydroxylation sites is 1. The van der Waals surface area contributed by atoms with Gasteiger partial charge in [-0.15, -0.1) is 11.6 Å². The van der Waals surface area contributed by atoms with Gasteiger partial charge in [0.15, 0.2) is 11.5 Å². The van der Waals surface area contributed by atoms with Crippen LogP contribution in [-0.4, -0.2) is 31.7 Å². The number of hydrogen-bond donors (Lipinski definition) is 1. The maximum Gasteiger partial charge on any atom is 0.336 e. The van der Waals surface area contributed by atoms with Crippen molar-refractivity contribution >= 4 is 17.6 Å². The van der Waals surface area contributed by atoms with Crippen LogP contribution in [-0.2, 0) is 9.53 Å². The van der Waals surface area contributed by atoms with Gasteiger partial charge in [0.05, 0.1) is 35.6 Å². The zero-order valence-electron chi connectivity index (χ0n) is 14.6. The Morgan fingerprint density at radius 2 is 2.19 bits per heavy atom. The number of fused-ring (bicyclic) bond motifs is 1. The Morgan fingerprint density at radius 1 is 1.42 bits per heavy atom. The fourth-order valence-electron chi connectivity index (χ4n) is 3.23. The first-order valence-electron chi connectivity index (χ1n) is 8.34. The van der Waals surface area contributed by atoms with Crippen molar-refractivity contribution in [3.8, 4) is 17.6 Å². The number of nitriles is 1. The van der Waals surface area contributed by atoms with Crippen molar-refractivity contribution in [1.29, 1.82) is 5.26 Å². The molecule has 6 nitrogen and oxygen atoms in total. The highest BCUT2D eigenvalue weighted by atomic mass is 35.5. The molecule has 1 aromatic carbocycles. The van der Waals surface area contributed by atoms with E-state index in [4.69, 9.17) is 25.8 Å². The molecule has 7 heteroatoms. The van der Waals surface area contributed by atoms with Gasteiger partial charge in [-0.05, 0) is 19.9 Å². The lowest BCUT2D eigenvalue weighted by atomic mass is 9.80. The first kappa shape index (κ1) is 18.2. The van der Waals surface area contributed by atoms with Crippen LogP contribution in [0.3, 0.4) is 0 Å². The third-order valence-electron chi connectivity index (χ3n) is 4.30. The number of carbonyl (C=O) groups is 1. The second-order valence-corrected chi connectivity index (χ2v) is 6.09. The van der Waals surface area contributed by atoms with E-state index in [1.807, 2.05) is 12.1 Å². The summed E-state index contributed by atoms with van der Waals surface area (Å²) >= 11 is 6.08. The van der Waals surface area contributed by atoms with Gasteiger partial charge in [-0.25, -0.2) is 4.79 Å². The molecular formula is C19H19ClN2O4. The number of halogens is 1. The number of hydrogen-bond acceptors (Lipinski definition) is 6. The lowest BCUT2D eigenvalue weighted by molar-refractivity contribution is -0.138. The Morgan fingerprint density at radius 3 is 2.88 bits per heavy atom. The number of benzene rings is 1. The van der Waals surface area contributed by atoms with Crippen LogP contribution in [0.25, 0.3) is 0 Å². The molecule has 1 N–H and O–H groups in total. The first-order valence-corrected chi connectivity index (χ1v) is 8.88. The van der Waals surface area contributed by atoms with E-state index < -0.39 is 11.9 Å². The second-order valence-electron chi connectivity index (χ2n) is 5.83. The van der Waals surface area contributed by atoms with Crippen molar-refractivity contribution < 1.29 is 19.0 Å². The Hall–Kier alpha value is -2.65. The molecule has 3 rings (SSSR count). The van der Waals surface area contributed by atoms with Gasteiger partial charge in [0.1, 0.15) is 13.2 Å². The summed E-state index contributed by atoms with van der Waals surface area (Å²) in [4.78, 5) is 12.7. The van der Waals surface area contributed by atoms with Gasteiger partial charge in [-0.2, -0.15) is 5.26 Å². The van der Waals surface area contributed by atoms with Crippen LogP contribution in [0.1, 0.15) is 25.3 Å². The van der Waals surface area contributed by atoms with Crippen LogP contribution in [0.5, 0.6) is 11.5 Å². The summed E-state index contributed by atoms with van der Waals surface area (Å²) in [7, 11) is 0. The number of dihydropyridines is 1. The normalized spacial score (nSPS) is 18.9. The molecule has 2 aliphatic heterocycles. The lowest BCUT2D eigenvalue weighted by Crippen LogP contribution is -2.31. The van der Waals surface area contributed by atoms with Crippen molar-refractivity contribution in [2.75, 3.05) is 25.7 Å². The standard InChI is InChI=1S/C19H19ClN2O4/c1-3-24-19(23)17-14(9-20)22-11(2)13(10-21)16(17)12-5-4-6-15-18(12)26-8-7-25-15/h4-6,16,22H,3,7-9H2,1-2H3. The summed E-state index contributed by atoms with van der Waals surface area (Å²) < 4.78 is 16.7. The molecule has 0 fully saturated rings. The molecule has 0 aromatic heterocycles. The van der Waals surface area contributed by atoms with Crippen LogP contribution in [0.15, 0.2) is 40.7 Å². The second kappa shape index (κ2) is 7.71. The quantitative estimate of drug-likeness (QED) is 0.644. The molecule has 0 spiro atoms. The fourth-order valence-corrected chi connectivity index (χ4v) is 3.45. The average Bonchev–Trinajstić information content (AvgIpc) is 2.66. The molecular weight excluding hydrogens is 356 g/mol. The number of nitrogens with zero attached hydrogens (tertiary/aromatic N) is 1. The molecule has 0 radical (unpaired) electrons. The molecule has 136 valence electrons. The topological polar surface area (TPSA) is 80.6 Å². The van der Waals surface area contributed by atoms with E-state index in [9.17, 15) is 10.1 Å². The largest absolute Gasteiger partial charge is 0.486 e. The highest BCUT2D eigenvalue weighted by molar-refractivity contribution is 6.20. The average molecular weight is 375 g/mol. The molecule has 0 bridgehead atoms. The molecule has 1 aromatic rings. The molecule has 0 aliphatic carbocycles. The minimum absolute atomic E-state index is 0.0904. The number of allylic oxidation sites excluding steroid dienone is 3. The number of carbonyl (C=O) groups excluding carboxylic acids is 1.